The maximum absolute atomic E-state index is 15.3. The molecule has 0 radical (unpaired) electrons. The number of anilines is 1. The maximum atomic E-state index is 15.3. The van der Waals surface area contributed by atoms with Crippen LogP contribution in [0.5, 0.6) is 5.75 Å². The zero-order valence-corrected chi connectivity index (χ0v) is 23.1. The van der Waals surface area contributed by atoms with E-state index in [0.717, 1.165) is 43.0 Å². The summed E-state index contributed by atoms with van der Waals surface area (Å²) in [5, 5.41) is 12.0. The molecule has 1 aliphatic rings. The molecule has 1 aromatic heterocycles. The van der Waals surface area contributed by atoms with Crippen LogP contribution in [0, 0.1) is 5.82 Å². The van der Waals surface area contributed by atoms with Gasteiger partial charge in [0.05, 0.1) is 16.1 Å². The van der Waals surface area contributed by atoms with E-state index in [1.807, 2.05) is 18.2 Å². The fourth-order valence-corrected chi connectivity index (χ4v) is 6.27. The van der Waals surface area contributed by atoms with Crippen LogP contribution in [0.3, 0.4) is 0 Å². The molecule has 0 spiro atoms. The molecule has 200 valence electrons. The topological polar surface area (TPSA) is 92.2 Å². The van der Waals surface area contributed by atoms with E-state index >= 15 is 4.39 Å². The van der Waals surface area contributed by atoms with Gasteiger partial charge in [-0.2, -0.15) is 4.31 Å². The highest BCUT2D eigenvalue weighted by molar-refractivity contribution is 7.92. The summed E-state index contributed by atoms with van der Waals surface area (Å²) in [6.07, 6.45) is -1.45. The summed E-state index contributed by atoms with van der Waals surface area (Å²) in [5.74, 6) is -1.12. The lowest BCUT2D eigenvalue weighted by Crippen LogP contribution is -2.45. The van der Waals surface area contributed by atoms with E-state index < -0.39 is 32.8 Å². The van der Waals surface area contributed by atoms with E-state index in [9.17, 15) is 13.5 Å². The molecule has 1 N–H and O–H groups in total. The smallest absolute Gasteiger partial charge is 0.272 e. The molecule has 1 unspecified atom stereocenters. The first-order valence-corrected chi connectivity index (χ1v) is 14.4. The molecule has 37 heavy (non-hydrogen) atoms. The molecule has 3 aromatic rings. The van der Waals surface area contributed by atoms with Gasteiger partial charge in [-0.3, -0.25) is 4.90 Å². The van der Waals surface area contributed by atoms with E-state index in [1.54, 1.807) is 20.8 Å². The van der Waals surface area contributed by atoms with Gasteiger partial charge in [0, 0.05) is 31.1 Å². The molecule has 1 aliphatic heterocycles. The third kappa shape index (κ3) is 6.78. The quantitative estimate of drug-likeness (QED) is 0.367. The molecule has 2 atom stereocenters. The number of benzene rings is 2. The number of aromatic nitrogens is 1. The Labute approximate surface area is 225 Å². The fraction of sp³-hybridized carbons (Fsp3) is 0.400. The number of thiazole rings is 1. The molecule has 2 aromatic carbocycles. The Bertz CT molecular complexity index is 1300. The van der Waals surface area contributed by atoms with E-state index in [4.69, 9.17) is 21.1 Å². The van der Waals surface area contributed by atoms with Crippen molar-refractivity contribution in [3.63, 3.8) is 0 Å². The highest BCUT2D eigenvalue weighted by Gasteiger charge is 2.37. The maximum Gasteiger partial charge on any atom is 0.272 e. The second kappa shape index (κ2) is 11.2. The van der Waals surface area contributed by atoms with Crippen LogP contribution in [0.4, 0.5) is 10.2 Å². The number of likely N-dealkylation sites (tertiary alicyclic amines) is 1. The van der Waals surface area contributed by atoms with E-state index in [1.165, 1.54) is 16.5 Å². The first-order chi connectivity index (χ1) is 17.4. The molecule has 0 saturated carbocycles. The van der Waals surface area contributed by atoms with Crippen molar-refractivity contribution in [3.05, 3.63) is 69.8 Å². The number of rotatable bonds is 9. The predicted molar refractivity (Wildman–Crippen MR) is 141 cm³/mol. The van der Waals surface area contributed by atoms with Gasteiger partial charge in [0.15, 0.2) is 5.82 Å². The monoisotopic (exact) mass is 569 g/mol. The Morgan fingerprint density at radius 1 is 1.30 bits per heavy atom. The van der Waals surface area contributed by atoms with Crippen molar-refractivity contribution < 1.29 is 27.4 Å². The highest BCUT2D eigenvalue weighted by Crippen LogP contribution is 2.35. The van der Waals surface area contributed by atoms with Crippen LogP contribution < -0.4 is 9.04 Å². The van der Waals surface area contributed by atoms with Gasteiger partial charge in [-0.1, -0.05) is 41.9 Å². The predicted octanol–water partition coefficient (Wildman–Crippen LogP) is 4.88. The van der Waals surface area contributed by atoms with Crippen molar-refractivity contribution >= 4 is 38.8 Å². The van der Waals surface area contributed by atoms with Crippen molar-refractivity contribution in [1.82, 2.24) is 9.88 Å². The number of hydrogen-bond donors (Lipinski definition) is 1. The lowest BCUT2D eigenvalue weighted by Gasteiger charge is -2.32. The van der Waals surface area contributed by atoms with Gasteiger partial charge in [0.2, 0.25) is 0 Å². The van der Waals surface area contributed by atoms with E-state index in [0.29, 0.717) is 10.8 Å². The van der Waals surface area contributed by atoms with Crippen molar-refractivity contribution in [1.29, 1.82) is 0 Å². The van der Waals surface area contributed by atoms with Gasteiger partial charge in [-0.05, 0) is 38.8 Å². The molecule has 0 amide bonds. The largest absolute Gasteiger partial charge is 0.487 e. The number of aliphatic hydroxyl groups is 1. The Morgan fingerprint density at radius 2 is 2.03 bits per heavy atom. The average molecular weight is 570 g/mol. The number of hydrogen-bond acceptors (Lipinski definition) is 8. The summed E-state index contributed by atoms with van der Waals surface area (Å²) in [5.41, 5.74) is 1.68. The molecule has 2 heterocycles. The van der Waals surface area contributed by atoms with Crippen LogP contribution in [0.1, 0.15) is 32.8 Å². The summed E-state index contributed by atoms with van der Waals surface area (Å²) < 4.78 is 54.2. The zero-order valence-electron chi connectivity index (χ0n) is 20.7. The molecule has 1 fully saturated rings. The Balaban J connectivity index is 1.54. The molecular weight excluding hydrogens is 541 g/mol. The van der Waals surface area contributed by atoms with Crippen LogP contribution in [0.25, 0.3) is 0 Å². The lowest BCUT2D eigenvalue weighted by molar-refractivity contribution is -0.157. The number of halogens is 2. The molecule has 8 nitrogen and oxygen atoms in total. The minimum Gasteiger partial charge on any atom is -0.487 e. The van der Waals surface area contributed by atoms with Crippen molar-refractivity contribution in [2.75, 3.05) is 17.4 Å². The van der Waals surface area contributed by atoms with Crippen molar-refractivity contribution in [2.45, 2.75) is 56.8 Å². The van der Waals surface area contributed by atoms with Gasteiger partial charge >= 0.3 is 0 Å². The van der Waals surface area contributed by atoms with Gasteiger partial charge in [0.25, 0.3) is 16.4 Å². The zero-order chi connectivity index (χ0) is 26.8. The first kappa shape index (κ1) is 27.7. The summed E-state index contributed by atoms with van der Waals surface area (Å²) in [6, 6.07) is 12.0. The third-order valence-electron chi connectivity index (χ3n) is 5.60. The standard InChI is InChI=1S/C25H29ClFN3O5S2/c1-25(2,3)35-24(31)30(23-15-36-16-28-23)37(32,33)22-11-19(26)21(12-20(22)27)34-18-9-10-29(14-18)13-17-7-5-4-6-8-17/h4-8,11-12,15-16,18,24,31H,9-10,13-14H2,1-3H3/t18-,24?/m0/s1. The number of nitrogens with zero attached hydrogens (tertiary/aromatic N) is 3. The van der Waals surface area contributed by atoms with Gasteiger partial charge in [-0.25, -0.2) is 17.8 Å². The summed E-state index contributed by atoms with van der Waals surface area (Å²) in [7, 11) is -4.66. The lowest BCUT2D eigenvalue weighted by atomic mass is 10.2. The van der Waals surface area contributed by atoms with Crippen LogP contribution in [-0.4, -0.2) is 54.6 Å². The van der Waals surface area contributed by atoms with Crippen LogP contribution in [0.15, 0.2) is 58.3 Å². The molecule has 0 aliphatic carbocycles. The Hall–Kier alpha value is -2.28. The van der Waals surface area contributed by atoms with Crippen LogP contribution in [0.2, 0.25) is 5.02 Å². The minimum absolute atomic E-state index is 0.0522. The van der Waals surface area contributed by atoms with Crippen molar-refractivity contribution in [3.8, 4) is 5.75 Å². The molecular formula is C25H29ClFN3O5S2. The van der Waals surface area contributed by atoms with Crippen LogP contribution in [-0.2, 0) is 21.3 Å². The van der Waals surface area contributed by atoms with Crippen LogP contribution >= 0.6 is 22.9 Å². The van der Waals surface area contributed by atoms with Crippen molar-refractivity contribution in [2.24, 2.45) is 0 Å². The normalized spacial score (nSPS) is 17.6. The summed E-state index contributed by atoms with van der Waals surface area (Å²) >= 11 is 7.49. The van der Waals surface area contributed by atoms with E-state index in [-0.39, 0.29) is 22.7 Å². The number of sulfonamides is 1. The Morgan fingerprint density at radius 3 is 2.68 bits per heavy atom. The molecule has 1 saturated heterocycles. The summed E-state index contributed by atoms with van der Waals surface area (Å²) in [6.45, 7) is 7.15. The molecule has 0 bridgehead atoms. The number of ether oxygens (including phenoxy) is 2. The highest BCUT2D eigenvalue weighted by atomic mass is 35.5. The van der Waals surface area contributed by atoms with Gasteiger partial charge < -0.3 is 14.6 Å². The fourth-order valence-electron chi connectivity index (χ4n) is 4.00. The van der Waals surface area contributed by atoms with Gasteiger partial charge in [-0.15, -0.1) is 11.3 Å². The minimum atomic E-state index is -4.66. The van der Waals surface area contributed by atoms with Gasteiger partial charge in [0.1, 0.15) is 22.6 Å². The second-order valence-electron chi connectivity index (χ2n) is 9.67. The first-order valence-electron chi connectivity index (χ1n) is 11.6. The summed E-state index contributed by atoms with van der Waals surface area (Å²) in [4.78, 5) is 5.47. The Kier molecular flexibility index (Phi) is 8.41. The number of aliphatic hydroxyl groups excluding tert-OH is 1. The average Bonchev–Trinajstić information content (AvgIpc) is 3.48. The van der Waals surface area contributed by atoms with E-state index in [2.05, 4.69) is 22.0 Å². The second-order valence-corrected chi connectivity index (χ2v) is 12.6. The third-order valence-corrected chi connectivity index (χ3v) is 8.22. The molecule has 12 heteroatoms. The SMILES string of the molecule is CC(C)(C)OC(O)N(c1cscn1)S(=O)(=O)c1cc(Cl)c(O[C@H]2CCN(Cc3ccccc3)C2)cc1F. The molecule has 4 rings (SSSR count).